The van der Waals surface area contributed by atoms with E-state index < -0.39 is 17.6 Å². The van der Waals surface area contributed by atoms with E-state index in [0.717, 1.165) is 37.0 Å². The number of aromatic nitrogens is 3. The molecule has 4 rings (SSSR count). The van der Waals surface area contributed by atoms with Crippen molar-refractivity contribution >= 4 is 45.3 Å². The SMILES string of the molecule is CCOCC(=O)C(C)N(c1ccc(F)cc1)c1nc(Cl)c(C(=O)c2nc(C3CCCC3)no2)s1. The lowest BCUT2D eigenvalue weighted by atomic mass is 10.1. The van der Waals surface area contributed by atoms with Gasteiger partial charge in [0.25, 0.3) is 11.7 Å². The van der Waals surface area contributed by atoms with Crippen LogP contribution in [0.1, 0.15) is 66.8 Å². The quantitative estimate of drug-likeness (QED) is 0.340. The molecule has 0 aliphatic heterocycles. The molecule has 0 bridgehead atoms. The fraction of sp³-hybridized carbons (Fsp3) is 0.435. The van der Waals surface area contributed by atoms with Crippen LogP contribution in [0.3, 0.4) is 0 Å². The summed E-state index contributed by atoms with van der Waals surface area (Å²) in [5.74, 6) is -0.567. The van der Waals surface area contributed by atoms with Gasteiger partial charge in [-0.2, -0.15) is 4.98 Å². The van der Waals surface area contributed by atoms with Crippen molar-refractivity contribution in [2.75, 3.05) is 18.1 Å². The zero-order valence-electron chi connectivity index (χ0n) is 18.8. The Bertz CT molecular complexity index is 1160. The summed E-state index contributed by atoms with van der Waals surface area (Å²) >= 11 is 7.34. The molecule has 1 atom stereocenters. The lowest BCUT2D eigenvalue weighted by Crippen LogP contribution is -2.37. The number of carbonyl (C=O) groups excluding carboxylic acids is 2. The van der Waals surface area contributed by atoms with E-state index in [1.807, 2.05) is 0 Å². The first-order valence-corrected chi connectivity index (χ1v) is 12.3. The van der Waals surface area contributed by atoms with Crippen LogP contribution in [0.5, 0.6) is 0 Å². The molecule has 0 radical (unpaired) electrons. The summed E-state index contributed by atoms with van der Waals surface area (Å²) < 4.78 is 24.0. The van der Waals surface area contributed by atoms with E-state index in [1.54, 1.807) is 18.7 Å². The molecule has 0 amide bonds. The highest BCUT2D eigenvalue weighted by molar-refractivity contribution is 7.18. The van der Waals surface area contributed by atoms with Gasteiger partial charge < -0.3 is 14.2 Å². The van der Waals surface area contributed by atoms with Crippen LogP contribution in [0.2, 0.25) is 5.15 Å². The maximum Gasteiger partial charge on any atom is 0.300 e. The van der Waals surface area contributed by atoms with Crippen molar-refractivity contribution in [1.29, 1.82) is 0 Å². The number of rotatable bonds is 10. The van der Waals surface area contributed by atoms with Crippen LogP contribution < -0.4 is 4.90 Å². The number of halogens is 2. The van der Waals surface area contributed by atoms with Crippen LogP contribution in [-0.2, 0) is 9.53 Å². The summed E-state index contributed by atoms with van der Waals surface area (Å²) in [6.07, 6.45) is 4.15. The number of nitrogens with zero attached hydrogens (tertiary/aromatic N) is 4. The number of hydrogen-bond acceptors (Lipinski definition) is 9. The van der Waals surface area contributed by atoms with Gasteiger partial charge in [0.2, 0.25) is 0 Å². The van der Waals surface area contributed by atoms with Crippen molar-refractivity contribution in [2.24, 2.45) is 0 Å². The number of anilines is 2. The van der Waals surface area contributed by atoms with Crippen LogP contribution in [0.4, 0.5) is 15.2 Å². The number of ether oxygens (including phenoxy) is 1. The second kappa shape index (κ2) is 10.7. The summed E-state index contributed by atoms with van der Waals surface area (Å²) in [7, 11) is 0. The Morgan fingerprint density at radius 2 is 1.97 bits per heavy atom. The number of benzene rings is 1. The van der Waals surface area contributed by atoms with Crippen LogP contribution in [0, 0.1) is 5.82 Å². The minimum Gasteiger partial charge on any atom is -0.374 e. The van der Waals surface area contributed by atoms with Gasteiger partial charge in [-0.05, 0) is 51.0 Å². The number of thiazole rings is 1. The van der Waals surface area contributed by atoms with Crippen LogP contribution in [0.25, 0.3) is 0 Å². The van der Waals surface area contributed by atoms with E-state index in [2.05, 4.69) is 15.1 Å². The molecule has 1 aliphatic carbocycles. The van der Waals surface area contributed by atoms with Gasteiger partial charge in [0.1, 0.15) is 17.3 Å². The molecule has 180 valence electrons. The molecule has 0 saturated heterocycles. The van der Waals surface area contributed by atoms with Gasteiger partial charge in [-0.15, -0.1) is 0 Å². The summed E-state index contributed by atoms with van der Waals surface area (Å²) in [5.41, 5.74) is 0.518. The van der Waals surface area contributed by atoms with Gasteiger partial charge in [-0.1, -0.05) is 40.9 Å². The molecule has 1 fully saturated rings. The second-order valence-electron chi connectivity index (χ2n) is 8.01. The van der Waals surface area contributed by atoms with Gasteiger partial charge in [-0.3, -0.25) is 9.59 Å². The molecule has 1 aromatic carbocycles. The molecular weight excluding hydrogens is 483 g/mol. The molecule has 1 aliphatic rings. The largest absolute Gasteiger partial charge is 0.374 e. The molecule has 0 spiro atoms. The van der Waals surface area contributed by atoms with Crippen LogP contribution in [-0.4, -0.2) is 45.9 Å². The minimum atomic E-state index is -0.709. The monoisotopic (exact) mass is 506 g/mol. The van der Waals surface area contributed by atoms with Gasteiger partial charge >= 0.3 is 0 Å². The predicted octanol–water partition coefficient (Wildman–Crippen LogP) is 5.34. The zero-order chi connectivity index (χ0) is 24.2. The van der Waals surface area contributed by atoms with E-state index in [-0.39, 0.29) is 34.2 Å². The van der Waals surface area contributed by atoms with E-state index in [1.165, 1.54) is 24.3 Å². The Labute approximate surface area is 205 Å². The fourth-order valence-electron chi connectivity index (χ4n) is 3.88. The smallest absolute Gasteiger partial charge is 0.300 e. The molecule has 3 aromatic rings. The summed E-state index contributed by atoms with van der Waals surface area (Å²) in [5, 5.41) is 4.24. The average Bonchev–Trinajstić information content (AvgIpc) is 3.59. The topological polar surface area (TPSA) is 98.4 Å². The van der Waals surface area contributed by atoms with E-state index >= 15 is 0 Å². The Morgan fingerprint density at radius 3 is 2.65 bits per heavy atom. The van der Waals surface area contributed by atoms with Crippen molar-refractivity contribution < 1.29 is 23.2 Å². The van der Waals surface area contributed by atoms with Crippen LogP contribution in [0.15, 0.2) is 28.8 Å². The summed E-state index contributed by atoms with van der Waals surface area (Å²) in [6, 6.07) is 4.92. The van der Waals surface area contributed by atoms with Crippen molar-refractivity contribution in [2.45, 2.75) is 51.5 Å². The lowest BCUT2D eigenvalue weighted by Gasteiger charge is -2.28. The molecule has 8 nitrogen and oxygen atoms in total. The standard InChI is InChI=1S/C23H24ClFN4O4S/c1-3-32-12-17(30)13(2)29(16-10-8-15(25)9-11-16)23-26-20(24)19(34-23)18(31)22-27-21(28-33-22)14-6-4-5-7-14/h8-11,13-14H,3-7,12H2,1-2H3. The number of hydrogen-bond donors (Lipinski definition) is 0. The van der Waals surface area contributed by atoms with E-state index in [0.29, 0.717) is 23.3 Å². The van der Waals surface area contributed by atoms with E-state index in [4.69, 9.17) is 20.9 Å². The fourth-order valence-corrected chi connectivity index (χ4v) is 5.20. The molecule has 1 saturated carbocycles. The molecule has 0 N–H and O–H groups in total. The highest BCUT2D eigenvalue weighted by Gasteiger charge is 2.31. The third kappa shape index (κ3) is 5.18. The second-order valence-corrected chi connectivity index (χ2v) is 9.35. The maximum atomic E-state index is 13.5. The van der Waals surface area contributed by atoms with Gasteiger partial charge in [0.15, 0.2) is 21.9 Å². The molecule has 1 unspecified atom stereocenters. The third-order valence-corrected chi connectivity index (χ3v) is 7.19. The first kappa shape index (κ1) is 24.4. The third-order valence-electron chi connectivity index (χ3n) is 5.75. The average molecular weight is 507 g/mol. The molecule has 34 heavy (non-hydrogen) atoms. The van der Waals surface area contributed by atoms with Gasteiger partial charge in [0, 0.05) is 18.2 Å². The van der Waals surface area contributed by atoms with Gasteiger partial charge in [0.05, 0.1) is 6.04 Å². The van der Waals surface area contributed by atoms with Crippen molar-refractivity contribution in [3.8, 4) is 0 Å². The summed E-state index contributed by atoms with van der Waals surface area (Å²) in [6.45, 7) is 3.78. The molecule has 11 heteroatoms. The first-order valence-electron chi connectivity index (χ1n) is 11.1. The highest BCUT2D eigenvalue weighted by Crippen LogP contribution is 2.37. The minimum absolute atomic E-state index is 0.0396. The molecule has 2 heterocycles. The Balaban J connectivity index is 1.64. The Hall–Kier alpha value is -2.69. The van der Waals surface area contributed by atoms with Gasteiger partial charge in [-0.25, -0.2) is 9.37 Å². The summed E-state index contributed by atoms with van der Waals surface area (Å²) in [4.78, 5) is 36.2. The number of carbonyl (C=O) groups is 2. The molecule has 2 aromatic heterocycles. The number of ketones is 2. The van der Waals surface area contributed by atoms with E-state index in [9.17, 15) is 14.0 Å². The highest BCUT2D eigenvalue weighted by atomic mass is 35.5. The number of Topliss-reactive ketones (excluding diaryl/α,β-unsaturated/α-hetero) is 1. The van der Waals surface area contributed by atoms with Crippen molar-refractivity contribution in [3.05, 3.63) is 51.8 Å². The maximum absolute atomic E-state index is 13.5. The van der Waals surface area contributed by atoms with Crippen molar-refractivity contribution in [3.63, 3.8) is 0 Å². The first-order chi connectivity index (χ1) is 16.4. The Kier molecular flexibility index (Phi) is 7.70. The lowest BCUT2D eigenvalue weighted by molar-refractivity contribution is -0.124. The Morgan fingerprint density at radius 1 is 1.26 bits per heavy atom. The zero-order valence-corrected chi connectivity index (χ0v) is 20.4. The predicted molar refractivity (Wildman–Crippen MR) is 126 cm³/mol. The normalized spacial score (nSPS) is 14.9. The van der Waals surface area contributed by atoms with Crippen LogP contribution >= 0.6 is 22.9 Å². The van der Waals surface area contributed by atoms with Crippen molar-refractivity contribution in [1.82, 2.24) is 15.1 Å². The molecular formula is C23H24ClFN4O4S.